The first kappa shape index (κ1) is 10.0. The van der Waals surface area contributed by atoms with Gasteiger partial charge in [0, 0.05) is 6.07 Å². The van der Waals surface area contributed by atoms with Crippen LogP contribution in [0.2, 0.25) is 0 Å². The summed E-state index contributed by atoms with van der Waals surface area (Å²) in [5.41, 5.74) is 0.718. The van der Waals surface area contributed by atoms with E-state index in [-0.39, 0.29) is 5.41 Å². The molecule has 3 nitrogen and oxygen atoms in total. The molecule has 0 amide bonds. The number of aldehydes is 1. The smallest absolute Gasteiger partial charge is 0.130 e. The van der Waals surface area contributed by atoms with Crippen LogP contribution in [0.5, 0.6) is 11.5 Å². The van der Waals surface area contributed by atoms with Gasteiger partial charge in [0.2, 0.25) is 0 Å². The molecule has 0 aromatic heterocycles. The van der Waals surface area contributed by atoms with E-state index in [1.54, 1.807) is 14.2 Å². The van der Waals surface area contributed by atoms with Gasteiger partial charge in [-0.25, -0.2) is 0 Å². The molecule has 0 N–H and O–H groups in total. The number of methoxy groups -OCH3 is 2. The maximum absolute atomic E-state index is 11.0. The van der Waals surface area contributed by atoms with Gasteiger partial charge in [-0.15, -0.1) is 0 Å². The van der Waals surface area contributed by atoms with E-state index in [0.29, 0.717) is 0 Å². The Bertz CT molecular complexity index is 358. The molecule has 2 rings (SSSR count). The van der Waals surface area contributed by atoms with Gasteiger partial charge in [-0.3, -0.25) is 0 Å². The molecule has 3 heteroatoms. The van der Waals surface area contributed by atoms with Crippen molar-refractivity contribution in [2.45, 2.75) is 18.3 Å². The third-order valence-corrected chi connectivity index (χ3v) is 2.94. The van der Waals surface area contributed by atoms with Crippen molar-refractivity contribution in [3.05, 3.63) is 23.8 Å². The van der Waals surface area contributed by atoms with Crippen LogP contribution in [0.15, 0.2) is 18.2 Å². The molecule has 1 fully saturated rings. The molecule has 0 bridgehead atoms. The highest BCUT2D eigenvalue weighted by molar-refractivity contribution is 5.73. The van der Waals surface area contributed by atoms with E-state index in [9.17, 15) is 4.79 Å². The Morgan fingerprint density at radius 2 is 1.67 bits per heavy atom. The summed E-state index contributed by atoms with van der Waals surface area (Å²) >= 11 is 0. The van der Waals surface area contributed by atoms with Crippen LogP contribution in [0.3, 0.4) is 0 Å². The SMILES string of the molecule is COc1cc(OC)cc(C2(C=O)CC2)c1. The molecule has 15 heavy (non-hydrogen) atoms. The molecule has 0 saturated heterocycles. The van der Waals surface area contributed by atoms with Crippen LogP contribution >= 0.6 is 0 Å². The van der Waals surface area contributed by atoms with Crippen LogP contribution in [-0.4, -0.2) is 20.5 Å². The van der Waals surface area contributed by atoms with Gasteiger partial charge >= 0.3 is 0 Å². The minimum absolute atomic E-state index is 0.276. The standard InChI is InChI=1S/C12H14O3/c1-14-10-5-9(6-11(7-10)15-2)12(8-13)3-4-12/h5-8H,3-4H2,1-2H3. The Kier molecular flexibility index (Phi) is 2.39. The fourth-order valence-corrected chi connectivity index (χ4v) is 1.70. The number of carbonyl (C=O) groups is 1. The molecule has 0 spiro atoms. The lowest BCUT2D eigenvalue weighted by molar-refractivity contribution is -0.109. The lowest BCUT2D eigenvalue weighted by Gasteiger charge is -2.11. The Hall–Kier alpha value is -1.51. The number of carbonyl (C=O) groups excluding carboxylic acids is 1. The van der Waals surface area contributed by atoms with Gasteiger partial charge in [-0.1, -0.05) is 0 Å². The van der Waals surface area contributed by atoms with E-state index >= 15 is 0 Å². The molecule has 1 aromatic rings. The van der Waals surface area contributed by atoms with Crippen molar-refractivity contribution in [2.75, 3.05) is 14.2 Å². The summed E-state index contributed by atoms with van der Waals surface area (Å²) in [6.45, 7) is 0. The summed E-state index contributed by atoms with van der Waals surface area (Å²) in [7, 11) is 3.22. The highest BCUT2D eigenvalue weighted by Crippen LogP contribution is 2.47. The monoisotopic (exact) mass is 206 g/mol. The van der Waals surface area contributed by atoms with Gasteiger partial charge < -0.3 is 14.3 Å². The predicted octanol–water partition coefficient (Wildman–Crippen LogP) is 1.93. The number of hydrogen-bond acceptors (Lipinski definition) is 3. The molecule has 1 aliphatic rings. The van der Waals surface area contributed by atoms with Gasteiger partial charge in [0.15, 0.2) is 0 Å². The largest absolute Gasteiger partial charge is 0.497 e. The third kappa shape index (κ3) is 1.69. The van der Waals surface area contributed by atoms with Crippen molar-refractivity contribution in [1.82, 2.24) is 0 Å². The lowest BCUT2D eigenvalue weighted by atomic mass is 9.97. The molecule has 1 aliphatic carbocycles. The zero-order valence-corrected chi connectivity index (χ0v) is 8.95. The Balaban J connectivity index is 2.42. The second-order valence-corrected chi connectivity index (χ2v) is 3.88. The summed E-state index contributed by atoms with van der Waals surface area (Å²) in [5, 5.41) is 0. The molecule has 1 aromatic carbocycles. The van der Waals surface area contributed by atoms with Crippen molar-refractivity contribution < 1.29 is 14.3 Å². The molecule has 80 valence electrons. The quantitative estimate of drug-likeness (QED) is 0.706. The molecule has 0 radical (unpaired) electrons. The Morgan fingerprint density at radius 3 is 2.00 bits per heavy atom. The van der Waals surface area contributed by atoms with Crippen molar-refractivity contribution >= 4 is 6.29 Å². The van der Waals surface area contributed by atoms with Crippen LogP contribution in [0, 0.1) is 0 Å². The average Bonchev–Trinajstić information content (AvgIpc) is 3.09. The minimum Gasteiger partial charge on any atom is -0.497 e. The minimum atomic E-state index is -0.276. The zero-order valence-electron chi connectivity index (χ0n) is 8.95. The summed E-state index contributed by atoms with van der Waals surface area (Å²) < 4.78 is 10.3. The summed E-state index contributed by atoms with van der Waals surface area (Å²) in [5.74, 6) is 1.47. The average molecular weight is 206 g/mol. The van der Waals surface area contributed by atoms with Crippen LogP contribution in [-0.2, 0) is 10.2 Å². The number of benzene rings is 1. The van der Waals surface area contributed by atoms with Crippen molar-refractivity contribution in [2.24, 2.45) is 0 Å². The highest BCUT2D eigenvalue weighted by Gasteiger charge is 2.44. The second kappa shape index (κ2) is 3.57. The van der Waals surface area contributed by atoms with E-state index in [2.05, 4.69) is 0 Å². The van der Waals surface area contributed by atoms with Gasteiger partial charge in [-0.05, 0) is 30.5 Å². The van der Waals surface area contributed by atoms with Gasteiger partial charge in [0.05, 0.1) is 19.6 Å². The van der Waals surface area contributed by atoms with Crippen LogP contribution in [0.1, 0.15) is 18.4 Å². The Morgan fingerprint density at radius 1 is 1.13 bits per heavy atom. The fourth-order valence-electron chi connectivity index (χ4n) is 1.70. The van der Waals surface area contributed by atoms with Crippen molar-refractivity contribution in [1.29, 1.82) is 0 Å². The molecular formula is C12H14O3. The van der Waals surface area contributed by atoms with Crippen molar-refractivity contribution in [3.63, 3.8) is 0 Å². The van der Waals surface area contributed by atoms with E-state index < -0.39 is 0 Å². The van der Waals surface area contributed by atoms with Crippen LogP contribution in [0.25, 0.3) is 0 Å². The highest BCUT2D eigenvalue weighted by atomic mass is 16.5. The molecule has 0 unspecified atom stereocenters. The Labute approximate surface area is 89.0 Å². The first-order valence-corrected chi connectivity index (χ1v) is 4.94. The van der Waals surface area contributed by atoms with Gasteiger partial charge in [0.25, 0.3) is 0 Å². The lowest BCUT2D eigenvalue weighted by Crippen LogP contribution is -2.08. The maximum Gasteiger partial charge on any atom is 0.130 e. The normalized spacial score (nSPS) is 16.9. The van der Waals surface area contributed by atoms with Gasteiger partial charge in [0.1, 0.15) is 17.8 Å². The molecule has 0 aliphatic heterocycles. The summed E-state index contributed by atoms with van der Waals surface area (Å²) in [6, 6.07) is 5.62. The second-order valence-electron chi connectivity index (χ2n) is 3.88. The number of rotatable bonds is 4. The zero-order chi connectivity index (χ0) is 10.9. The molecule has 1 saturated carbocycles. The van der Waals surface area contributed by atoms with E-state index in [0.717, 1.165) is 36.2 Å². The first-order valence-electron chi connectivity index (χ1n) is 4.94. The van der Waals surface area contributed by atoms with Gasteiger partial charge in [-0.2, -0.15) is 0 Å². The van der Waals surface area contributed by atoms with E-state index in [4.69, 9.17) is 9.47 Å². The topological polar surface area (TPSA) is 35.5 Å². The predicted molar refractivity (Wildman–Crippen MR) is 56.5 cm³/mol. The van der Waals surface area contributed by atoms with E-state index in [1.807, 2.05) is 18.2 Å². The summed E-state index contributed by atoms with van der Waals surface area (Å²) in [6.07, 6.45) is 2.88. The maximum atomic E-state index is 11.0. The molecule has 0 heterocycles. The van der Waals surface area contributed by atoms with Crippen molar-refractivity contribution in [3.8, 4) is 11.5 Å². The molecule has 0 atom stereocenters. The third-order valence-electron chi connectivity index (χ3n) is 2.94. The van der Waals surface area contributed by atoms with E-state index in [1.165, 1.54) is 0 Å². The molecular weight excluding hydrogens is 192 g/mol. The number of hydrogen-bond donors (Lipinski definition) is 0. The fraction of sp³-hybridized carbons (Fsp3) is 0.417. The van der Waals surface area contributed by atoms with Crippen LogP contribution < -0.4 is 9.47 Å². The first-order chi connectivity index (χ1) is 7.24. The summed E-state index contributed by atoms with van der Waals surface area (Å²) in [4.78, 5) is 11.0. The number of ether oxygens (including phenoxy) is 2. The van der Waals surface area contributed by atoms with Crippen LogP contribution in [0.4, 0.5) is 0 Å².